The number of hydrogen-bond donors (Lipinski definition) is 1. The van der Waals surface area contributed by atoms with E-state index < -0.39 is 9.84 Å². The molecular weight excluding hydrogens is 336 g/mol. The van der Waals surface area contributed by atoms with Crippen LogP contribution >= 0.6 is 0 Å². The minimum atomic E-state index is -3.02. The molecule has 2 aromatic rings. The van der Waals surface area contributed by atoms with Crippen molar-refractivity contribution in [2.24, 2.45) is 4.99 Å². The molecule has 2 aliphatic heterocycles. The van der Waals surface area contributed by atoms with Crippen molar-refractivity contribution in [1.29, 1.82) is 0 Å². The normalized spacial score (nSPS) is 28.6. The Kier molecular flexibility index (Phi) is 4.31. The Morgan fingerprint density at radius 1 is 0.960 bits per heavy atom. The van der Waals surface area contributed by atoms with Gasteiger partial charge in [-0.1, -0.05) is 60.7 Å². The molecule has 4 rings (SSSR count). The van der Waals surface area contributed by atoms with Crippen molar-refractivity contribution in [3.63, 3.8) is 0 Å². The Balaban J connectivity index is 1.59. The number of nitrogens with zero attached hydrogens (tertiary/aromatic N) is 1. The molecule has 1 N–H and O–H groups in total. The maximum absolute atomic E-state index is 12.0. The van der Waals surface area contributed by atoms with E-state index in [0.717, 1.165) is 16.0 Å². The van der Waals surface area contributed by atoms with Crippen molar-refractivity contribution in [2.75, 3.05) is 11.5 Å². The third kappa shape index (κ3) is 3.60. The summed E-state index contributed by atoms with van der Waals surface area (Å²) in [4.78, 5) is 5.69. The van der Waals surface area contributed by atoms with E-state index in [1.165, 1.54) is 0 Å². The van der Waals surface area contributed by atoms with E-state index in [4.69, 9.17) is 4.74 Å². The monoisotopic (exact) mass is 357 g/mol. The minimum absolute atomic E-state index is 0.0697. The Hall–Kier alpha value is -2.18. The molecule has 6 heteroatoms. The largest absolute Gasteiger partial charge is 0.426 e. The second kappa shape index (κ2) is 6.61. The van der Waals surface area contributed by atoms with Gasteiger partial charge in [-0.15, -0.1) is 0 Å². The van der Waals surface area contributed by atoms with Crippen molar-refractivity contribution in [2.45, 2.75) is 25.2 Å². The van der Waals surface area contributed by atoms with E-state index in [2.05, 4.69) is 17.1 Å². The quantitative estimate of drug-likeness (QED) is 0.882. The Morgan fingerprint density at radius 2 is 1.60 bits per heavy atom. The van der Waals surface area contributed by atoms with E-state index >= 15 is 0 Å². The smallest absolute Gasteiger partial charge is 0.393 e. The second-order valence-corrected chi connectivity index (χ2v) is 8.79. The Bertz CT molecular complexity index is 866. The summed E-state index contributed by atoms with van der Waals surface area (Å²) < 4.78 is 30.0. The Labute approximate surface area is 147 Å². The fourth-order valence-electron chi connectivity index (χ4n) is 3.54. The number of ether oxygens (including phenoxy) is 1. The molecule has 0 amide bonds. The summed E-state index contributed by atoms with van der Waals surface area (Å²) in [6.07, 6.45) is -0.279. The van der Waals surface area contributed by atoms with Crippen molar-refractivity contribution in [3.8, 4) is 0 Å². The van der Waals surface area contributed by atoms with Crippen LogP contribution in [0, 0.1) is 0 Å². The third-order valence-electron chi connectivity index (χ3n) is 4.77. The van der Waals surface area contributed by atoms with Crippen molar-refractivity contribution in [1.82, 2.24) is 0 Å². The summed E-state index contributed by atoms with van der Waals surface area (Å²) in [6, 6.07) is 20.7. The maximum Gasteiger partial charge on any atom is 0.393 e. The van der Waals surface area contributed by atoms with E-state index in [-0.39, 0.29) is 23.7 Å². The lowest BCUT2D eigenvalue weighted by Crippen LogP contribution is -3.15. The van der Waals surface area contributed by atoms with Gasteiger partial charge in [0, 0.05) is 5.56 Å². The number of fused-ring (bicyclic) bond motifs is 1. The van der Waals surface area contributed by atoms with Gasteiger partial charge in [-0.2, -0.15) is 4.99 Å². The van der Waals surface area contributed by atoms with Crippen LogP contribution in [0.5, 0.6) is 0 Å². The number of rotatable bonds is 4. The van der Waals surface area contributed by atoms with Gasteiger partial charge in [-0.25, -0.2) is 13.3 Å². The maximum atomic E-state index is 12.0. The molecule has 0 bridgehead atoms. The topological polar surface area (TPSA) is 60.2 Å². The van der Waals surface area contributed by atoms with Crippen LogP contribution in [-0.4, -0.2) is 38.1 Å². The highest BCUT2D eigenvalue weighted by Gasteiger charge is 2.54. The molecule has 0 saturated carbocycles. The predicted molar refractivity (Wildman–Crippen MR) is 96.0 cm³/mol. The second-order valence-electron chi connectivity index (χ2n) is 6.63. The van der Waals surface area contributed by atoms with Crippen LogP contribution in [0.3, 0.4) is 0 Å². The van der Waals surface area contributed by atoms with Gasteiger partial charge >= 0.3 is 6.02 Å². The lowest BCUT2D eigenvalue weighted by Gasteiger charge is -2.16. The van der Waals surface area contributed by atoms with E-state index in [1.807, 2.05) is 48.5 Å². The zero-order valence-corrected chi connectivity index (χ0v) is 14.7. The van der Waals surface area contributed by atoms with Crippen LogP contribution in [0.15, 0.2) is 65.7 Å². The summed E-state index contributed by atoms with van der Waals surface area (Å²) in [5.41, 5.74) is 2.26. The molecule has 5 nitrogen and oxygen atoms in total. The van der Waals surface area contributed by atoms with Crippen molar-refractivity contribution in [3.05, 3.63) is 71.8 Å². The van der Waals surface area contributed by atoms with Gasteiger partial charge in [0.25, 0.3) is 0 Å². The summed E-state index contributed by atoms with van der Waals surface area (Å²) in [6.45, 7) is 1.23. The van der Waals surface area contributed by atoms with Crippen LogP contribution in [0.4, 0.5) is 0 Å². The van der Waals surface area contributed by atoms with Crippen LogP contribution in [0.25, 0.3) is 0 Å². The molecule has 2 aromatic carbocycles. The summed E-state index contributed by atoms with van der Waals surface area (Å²) in [5, 5.41) is 0. The van der Waals surface area contributed by atoms with E-state index in [1.54, 1.807) is 0 Å². The number of nitrogens with one attached hydrogen (secondary N) is 1. The molecule has 0 spiro atoms. The van der Waals surface area contributed by atoms with E-state index in [0.29, 0.717) is 19.1 Å². The molecule has 2 saturated heterocycles. The van der Waals surface area contributed by atoms with Gasteiger partial charge in [-0.3, -0.25) is 0 Å². The molecule has 2 fully saturated rings. The zero-order valence-electron chi connectivity index (χ0n) is 13.8. The van der Waals surface area contributed by atoms with Gasteiger partial charge in [0.15, 0.2) is 15.9 Å². The lowest BCUT2D eigenvalue weighted by molar-refractivity contribution is -0.839. The van der Waals surface area contributed by atoms with Gasteiger partial charge in [-0.05, 0) is 5.56 Å². The summed E-state index contributed by atoms with van der Waals surface area (Å²) in [5.74, 6) is 0.268. The highest BCUT2D eigenvalue weighted by molar-refractivity contribution is 7.91. The fourth-order valence-corrected chi connectivity index (χ4v) is 5.44. The predicted octanol–water partition coefficient (Wildman–Crippen LogP) is 0.824. The van der Waals surface area contributed by atoms with Crippen molar-refractivity contribution < 1.29 is 18.1 Å². The first-order valence-corrected chi connectivity index (χ1v) is 10.3. The number of sulfone groups is 1. The van der Waals surface area contributed by atoms with Gasteiger partial charge in [0.2, 0.25) is 0 Å². The molecule has 0 aliphatic carbocycles. The minimum Gasteiger partial charge on any atom is -0.426 e. The molecule has 3 atom stereocenters. The third-order valence-corrected chi connectivity index (χ3v) is 6.47. The average molecular weight is 357 g/mol. The van der Waals surface area contributed by atoms with Gasteiger partial charge in [0.05, 0.1) is 12.3 Å². The molecule has 0 radical (unpaired) electrons. The molecule has 0 aromatic heterocycles. The number of quaternary nitrogens is 1. The highest BCUT2D eigenvalue weighted by atomic mass is 32.2. The molecule has 130 valence electrons. The molecule has 2 aliphatic rings. The summed E-state index contributed by atoms with van der Waals surface area (Å²) >= 11 is 0. The van der Waals surface area contributed by atoms with Gasteiger partial charge < -0.3 is 4.74 Å². The number of benzene rings is 2. The first kappa shape index (κ1) is 16.3. The Morgan fingerprint density at radius 3 is 2.28 bits per heavy atom. The lowest BCUT2D eigenvalue weighted by atomic mass is 10.1. The van der Waals surface area contributed by atoms with Crippen LogP contribution < -0.4 is 4.90 Å². The van der Waals surface area contributed by atoms with Crippen LogP contribution in [0.1, 0.15) is 11.1 Å². The SMILES string of the molecule is O=S1(=O)C[C@@H]2[C@@H](C1)OC(=NCc1ccccc1)[NH+]2Cc1ccccc1. The molecule has 25 heavy (non-hydrogen) atoms. The van der Waals surface area contributed by atoms with E-state index in [9.17, 15) is 8.42 Å². The van der Waals surface area contributed by atoms with Crippen LogP contribution in [-0.2, 0) is 27.7 Å². The molecule has 1 unspecified atom stereocenters. The standard InChI is InChI=1S/C19H20N2O3S/c22-25(23)13-17-18(14-25)24-19(20-11-15-7-3-1-4-8-15)21(17)12-16-9-5-2-6-10-16/h1-10,17-18H,11-14H2/p+1/t17-,18-/m1/s1. The summed E-state index contributed by atoms with van der Waals surface area (Å²) in [7, 11) is -3.02. The first-order chi connectivity index (χ1) is 12.1. The van der Waals surface area contributed by atoms with Gasteiger partial charge in [0.1, 0.15) is 18.3 Å². The average Bonchev–Trinajstić information content (AvgIpc) is 3.07. The number of amidine groups is 1. The number of hydrogen-bond acceptors (Lipinski definition) is 4. The highest BCUT2D eigenvalue weighted by Crippen LogP contribution is 2.19. The molecule has 2 heterocycles. The first-order valence-electron chi connectivity index (χ1n) is 8.46. The number of aliphatic imine (C=N–C) groups is 1. The fraction of sp³-hybridized carbons (Fsp3) is 0.316. The van der Waals surface area contributed by atoms with Crippen molar-refractivity contribution >= 4 is 15.9 Å². The molecular formula is C19H21N2O3S+. The zero-order chi connectivity index (χ0) is 17.3. The van der Waals surface area contributed by atoms with Crippen LogP contribution in [0.2, 0.25) is 0 Å².